The number of hydrogen-bond donors (Lipinski definition) is 8. The number of primary amides is 1. The van der Waals surface area contributed by atoms with Crippen molar-refractivity contribution in [3.63, 3.8) is 0 Å². The summed E-state index contributed by atoms with van der Waals surface area (Å²) < 4.78 is 0. The lowest BCUT2D eigenvalue weighted by atomic mass is 10.0. The number of nitrogens with two attached hydrogens (primary N) is 2. The molecule has 0 fully saturated rings. The van der Waals surface area contributed by atoms with Gasteiger partial charge in [0.2, 0.25) is 23.6 Å². The molecule has 0 aliphatic carbocycles. The van der Waals surface area contributed by atoms with Gasteiger partial charge in [0, 0.05) is 6.42 Å². The van der Waals surface area contributed by atoms with Crippen molar-refractivity contribution in [1.29, 1.82) is 0 Å². The molecule has 0 aromatic carbocycles. The summed E-state index contributed by atoms with van der Waals surface area (Å²) >= 11 is 0. The van der Waals surface area contributed by atoms with E-state index in [1.165, 1.54) is 13.8 Å². The SMILES string of the molecule is CC(C)C(NC(=O)C(CC(N)=O)NC(=O)C(CCC(=O)O)NC(=O)C(N)CC(=O)O)C(=O)O. The molecule has 0 saturated heterocycles. The Balaban J connectivity index is 5.60. The molecule has 0 heterocycles. The van der Waals surface area contributed by atoms with Crippen LogP contribution in [-0.4, -0.2) is 81.0 Å². The van der Waals surface area contributed by atoms with Crippen molar-refractivity contribution in [3.05, 3.63) is 0 Å². The lowest BCUT2D eigenvalue weighted by Crippen LogP contribution is -2.58. The number of nitrogens with one attached hydrogen (secondary N) is 3. The van der Waals surface area contributed by atoms with E-state index < -0.39 is 97.3 Å². The van der Waals surface area contributed by atoms with Crippen LogP contribution in [0.25, 0.3) is 0 Å². The van der Waals surface area contributed by atoms with Crippen molar-refractivity contribution >= 4 is 41.5 Å². The van der Waals surface area contributed by atoms with Gasteiger partial charge >= 0.3 is 17.9 Å². The first-order valence-electron chi connectivity index (χ1n) is 9.77. The van der Waals surface area contributed by atoms with Gasteiger partial charge in [0.05, 0.1) is 18.9 Å². The lowest BCUT2D eigenvalue weighted by molar-refractivity contribution is -0.143. The Morgan fingerprint density at radius 2 is 1.27 bits per heavy atom. The van der Waals surface area contributed by atoms with Crippen molar-refractivity contribution in [1.82, 2.24) is 16.0 Å². The molecule has 4 amide bonds. The molecule has 0 aromatic heterocycles. The summed E-state index contributed by atoms with van der Waals surface area (Å²) in [5.41, 5.74) is 10.5. The number of rotatable bonds is 15. The average Bonchev–Trinajstić information content (AvgIpc) is 2.66. The van der Waals surface area contributed by atoms with Crippen LogP contribution in [-0.2, 0) is 33.6 Å². The van der Waals surface area contributed by atoms with Gasteiger partial charge in [-0.25, -0.2) is 4.79 Å². The predicted molar refractivity (Wildman–Crippen MR) is 109 cm³/mol. The van der Waals surface area contributed by atoms with E-state index in [1.807, 2.05) is 0 Å². The van der Waals surface area contributed by atoms with Gasteiger partial charge in [-0.2, -0.15) is 0 Å². The Morgan fingerprint density at radius 3 is 1.70 bits per heavy atom. The van der Waals surface area contributed by atoms with E-state index in [0.717, 1.165) is 0 Å². The van der Waals surface area contributed by atoms with Gasteiger partial charge < -0.3 is 42.7 Å². The van der Waals surface area contributed by atoms with Crippen LogP contribution in [0.1, 0.15) is 39.5 Å². The number of carbonyl (C=O) groups is 7. The minimum atomic E-state index is -1.63. The molecule has 0 bridgehead atoms. The Bertz CT molecular complexity index is 785. The van der Waals surface area contributed by atoms with Crippen LogP contribution in [0, 0.1) is 5.92 Å². The molecule has 0 aliphatic rings. The molecule has 0 spiro atoms. The molecular formula is C18H29N5O10. The van der Waals surface area contributed by atoms with E-state index in [-0.39, 0.29) is 0 Å². The molecule has 0 saturated carbocycles. The topological polar surface area (TPSA) is 268 Å². The smallest absolute Gasteiger partial charge is 0.326 e. The molecule has 0 aliphatic heterocycles. The molecule has 0 aromatic rings. The Kier molecular flexibility index (Phi) is 12.1. The first kappa shape index (κ1) is 29.2. The van der Waals surface area contributed by atoms with Crippen LogP contribution in [0.2, 0.25) is 0 Å². The highest BCUT2D eigenvalue weighted by Gasteiger charge is 2.32. The number of amides is 4. The number of aliphatic carboxylic acids is 3. The summed E-state index contributed by atoms with van der Waals surface area (Å²) in [4.78, 5) is 81.5. The number of carboxylic acid groups (broad SMARTS) is 3. The third-order valence-corrected chi connectivity index (χ3v) is 4.28. The first-order chi connectivity index (χ1) is 15.1. The normalized spacial score (nSPS) is 14.3. The number of carboxylic acids is 3. The molecule has 186 valence electrons. The van der Waals surface area contributed by atoms with Crippen LogP contribution < -0.4 is 27.4 Å². The Morgan fingerprint density at radius 1 is 0.758 bits per heavy atom. The average molecular weight is 475 g/mol. The van der Waals surface area contributed by atoms with Crippen molar-refractivity contribution < 1.29 is 48.9 Å². The van der Waals surface area contributed by atoms with Crippen LogP contribution in [0.5, 0.6) is 0 Å². The standard InChI is InChI=1S/C18H29N5O10/c1-7(2)14(18(32)33)23-17(31)10(6-11(20)24)22-16(30)9(3-4-12(25)26)21-15(29)8(19)5-13(27)28/h7-10,14H,3-6,19H2,1-2H3,(H2,20,24)(H,21,29)(H,22,30)(H,23,31)(H,25,26)(H,27,28)(H,32,33). The van der Waals surface area contributed by atoms with Crippen LogP contribution >= 0.6 is 0 Å². The highest BCUT2D eigenvalue weighted by atomic mass is 16.4. The number of carbonyl (C=O) groups excluding carboxylic acids is 4. The van der Waals surface area contributed by atoms with Gasteiger partial charge in [-0.3, -0.25) is 28.8 Å². The van der Waals surface area contributed by atoms with Gasteiger partial charge in [0.25, 0.3) is 0 Å². The summed E-state index contributed by atoms with van der Waals surface area (Å²) in [6.45, 7) is 3.02. The second-order valence-corrected chi connectivity index (χ2v) is 7.50. The predicted octanol–water partition coefficient (Wildman–Crippen LogP) is -3.28. The quantitative estimate of drug-likeness (QED) is 0.116. The Labute approximate surface area is 188 Å². The van der Waals surface area contributed by atoms with Crippen molar-refractivity contribution in [3.8, 4) is 0 Å². The van der Waals surface area contributed by atoms with E-state index >= 15 is 0 Å². The van der Waals surface area contributed by atoms with Gasteiger partial charge in [-0.1, -0.05) is 13.8 Å². The maximum atomic E-state index is 12.7. The molecule has 4 unspecified atom stereocenters. The molecule has 0 radical (unpaired) electrons. The van der Waals surface area contributed by atoms with Crippen molar-refractivity contribution in [2.24, 2.45) is 17.4 Å². The number of hydrogen-bond acceptors (Lipinski definition) is 8. The maximum Gasteiger partial charge on any atom is 0.326 e. The molecule has 10 N–H and O–H groups in total. The fourth-order valence-electron chi connectivity index (χ4n) is 2.55. The molecule has 15 nitrogen and oxygen atoms in total. The van der Waals surface area contributed by atoms with Gasteiger partial charge in [0.15, 0.2) is 0 Å². The van der Waals surface area contributed by atoms with E-state index in [4.69, 9.17) is 21.7 Å². The zero-order valence-electron chi connectivity index (χ0n) is 18.1. The molecule has 33 heavy (non-hydrogen) atoms. The lowest BCUT2D eigenvalue weighted by Gasteiger charge is -2.25. The Hall–Kier alpha value is -3.75. The van der Waals surface area contributed by atoms with Crippen LogP contribution in [0.15, 0.2) is 0 Å². The molecule has 15 heteroatoms. The molecule has 4 atom stereocenters. The highest BCUT2D eigenvalue weighted by Crippen LogP contribution is 2.05. The molecular weight excluding hydrogens is 446 g/mol. The molecule has 0 rings (SSSR count). The summed E-state index contributed by atoms with van der Waals surface area (Å²) in [6, 6.07) is -6.08. The summed E-state index contributed by atoms with van der Waals surface area (Å²) in [5, 5.41) is 33.2. The first-order valence-corrected chi connectivity index (χ1v) is 9.77. The second-order valence-electron chi connectivity index (χ2n) is 7.50. The maximum absolute atomic E-state index is 12.7. The minimum absolute atomic E-state index is 0.457. The zero-order valence-corrected chi connectivity index (χ0v) is 18.1. The van der Waals surface area contributed by atoms with E-state index in [0.29, 0.717) is 0 Å². The van der Waals surface area contributed by atoms with Gasteiger partial charge in [-0.05, 0) is 12.3 Å². The fourth-order valence-corrected chi connectivity index (χ4v) is 2.55. The summed E-state index contributed by atoms with van der Waals surface area (Å²) in [6.07, 6.45) is -2.53. The van der Waals surface area contributed by atoms with Gasteiger partial charge in [-0.15, -0.1) is 0 Å². The van der Waals surface area contributed by atoms with E-state index in [9.17, 15) is 38.7 Å². The van der Waals surface area contributed by atoms with Gasteiger partial charge in [0.1, 0.15) is 18.1 Å². The fraction of sp³-hybridized carbons (Fsp3) is 0.611. The minimum Gasteiger partial charge on any atom is -0.481 e. The van der Waals surface area contributed by atoms with Crippen LogP contribution in [0.3, 0.4) is 0 Å². The second kappa shape index (κ2) is 13.6. The monoisotopic (exact) mass is 475 g/mol. The third-order valence-electron chi connectivity index (χ3n) is 4.28. The van der Waals surface area contributed by atoms with E-state index in [1.54, 1.807) is 0 Å². The van der Waals surface area contributed by atoms with Crippen molar-refractivity contribution in [2.45, 2.75) is 63.7 Å². The van der Waals surface area contributed by atoms with Crippen LogP contribution in [0.4, 0.5) is 0 Å². The van der Waals surface area contributed by atoms with Crippen molar-refractivity contribution in [2.75, 3.05) is 0 Å². The largest absolute Gasteiger partial charge is 0.481 e. The van der Waals surface area contributed by atoms with E-state index in [2.05, 4.69) is 16.0 Å². The zero-order chi connectivity index (χ0) is 25.9. The summed E-state index contributed by atoms with van der Waals surface area (Å²) in [7, 11) is 0. The third kappa shape index (κ3) is 11.4. The summed E-state index contributed by atoms with van der Waals surface area (Å²) in [5.74, 6) is -8.83. The highest BCUT2D eigenvalue weighted by molar-refractivity contribution is 5.96.